The van der Waals surface area contributed by atoms with Crippen LogP contribution in [0.1, 0.15) is 11.4 Å². The van der Waals surface area contributed by atoms with Gasteiger partial charge in [0.25, 0.3) is 0 Å². The van der Waals surface area contributed by atoms with E-state index in [1.165, 1.54) is 0 Å². The largest absolute Gasteiger partial charge is 0.496 e. The fraction of sp³-hybridized carbons (Fsp3) is 0.286. The van der Waals surface area contributed by atoms with Crippen molar-refractivity contribution in [2.75, 3.05) is 13.7 Å². The van der Waals surface area contributed by atoms with E-state index in [1.54, 1.807) is 7.11 Å². The van der Waals surface area contributed by atoms with Gasteiger partial charge in [-0.25, -0.2) is 9.97 Å². The minimum absolute atomic E-state index is 0.585. The number of nitrogens with zero attached hydrogens (tertiary/aromatic N) is 2. The number of aromatic nitrogens is 2. The summed E-state index contributed by atoms with van der Waals surface area (Å²) < 4.78 is 5.33. The average Bonchev–Trinajstić information content (AvgIpc) is 2.38. The lowest BCUT2D eigenvalue weighted by molar-refractivity contribution is 0.416. The Kier molecular flexibility index (Phi) is 3.89. The Morgan fingerprint density at radius 3 is 2.72 bits per heavy atom. The van der Waals surface area contributed by atoms with Gasteiger partial charge in [0.2, 0.25) is 0 Å². The molecule has 0 fully saturated rings. The van der Waals surface area contributed by atoms with Gasteiger partial charge in [-0.3, -0.25) is 0 Å². The first-order chi connectivity index (χ1) is 8.74. The third-order valence-corrected chi connectivity index (χ3v) is 2.66. The van der Waals surface area contributed by atoms with Gasteiger partial charge in [0, 0.05) is 17.8 Å². The van der Waals surface area contributed by atoms with Crippen LogP contribution < -0.4 is 10.5 Å². The van der Waals surface area contributed by atoms with E-state index in [0.29, 0.717) is 12.4 Å². The van der Waals surface area contributed by atoms with Crippen LogP contribution in [0.4, 0.5) is 0 Å². The van der Waals surface area contributed by atoms with Gasteiger partial charge in [0.15, 0.2) is 5.82 Å². The Hall–Kier alpha value is -1.94. The third kappa shape index (κ3) is 2.65. The molecule has 2 N–H and O–H groups in total. The molecule has 0 bridgehead atoms. The molecule has 0 spiro atoms. The second kappa shape index (κ2) is 5.60. The lowest BCUT2D eigenvalue weighted by Gasteiger charge is -2.09. The fourth-order valence-electron chi connectivity index (χ4n) is 1.86. The van der Waals surface area contributed by atoms with Gasteiger partial charge in [-0.05, 0) is 31.7 Å². The fourth-order valence-corrected chi connectivity index (χ4v) is 1.86. The molecule has 0 saturated heterocycles. The number of benzene rings is 1. The van der Waals surface area contributed by atoms with Gasteiger partial charge in [-0.15, -0.1) is 0 Å². The molecule has 0 unspecified atom stereocenters. The Bertz CT molecular complexity index is 540. The summed E-state index contributed by atoms with van der Waals surface area (Å²) in [6, 6.07) is 9.71. The lowest BCUT2D eigenvalue weighted by Crippen LogP contribution is -2.06. The number of aryl methyl sites for hydroxylation is 1. The maximum absolute atomic E-state index is 5.57. The molecule has 2 aromatic rings. The first kappa shape index (κ1) is 12.5. The number of ether oxygens (including phenoxy) is 1. The summed E-state index contributed by atoms with van der Waals surface area (Å²) in [5, 5.41) is 0. The van der Waals surface area contributed by atoms with Crippen LogP contribution in [0.15, 0.2) is 30.3 Å². The second-order valence-electron chi connectivity index (χ2n) is 4.06. The standard InChI is InChI=1S/C14H17N3O/c1-10-9-11(7-8-15)17-14(16-10)12-5-3-4-6-13(12)18-2/h3-6,9H,7-8,15H2,1-2H3. The SMILES string of the molecule is COc1ccccc1-c1nc(C)cc(CCN)n1. The van der Waals surface area contributed by atoms with E-state index in [1.807, 2.05) is 37.3 Å². The van der Waals surface area contributed by atoms with Crippen LogP contribution in [0.25, 0.3) is 11.4 Å². The van der Waals surface area contributed by atoms with Crippen molar-refractivity contribution in [2.24, 2.45) is 5.73 Å². The summed E-state index contributed by atoms with van der Waals surface area (Å²) in [4.78, 5) is 8.99. The topological polar surface area (TPSA) is 61.0 Å². The van der Waals surface area contributed by atoms with Crippen LogP contribution in [-0.4, -0.2) is 23.6 Å². The van der Waals surface area contributed by atoms with E-state index in [2.05, 4.69) is 9.97 Å². The van der Waals surface area contributed by atoms with Crippen molar-refractivity contribution in [1.29, 1.82) is 0 Å². The highest BCUT2D eigenvalue weighted by Gasteiger charge is 2.09. The van der Waals surface area contributed by atoms with Crippen molar-refractivity contribution in [3.05, 3.63) is 41.7 Å². The van der Waals surface area contributed by atoms with Crippen molar-refractivity contribution in [1.82, 2.24) is 9.97 Å². The van der Waals surface area contributed by atoms with Gasteiger partial charge in [-0.1, -0.05) is 12.1 Å². The van der Waals surface area contributed by atoms with E-state index in [0.717, 1.165) is 29.1 Å². The number of hydrogen-bond acceptors (Lipinski definition) is 4. The van der Waals surface area contributed by atoms with Crippen LogP contribution in [0, 0.1) is 6.92 Å². The van der Waals surface area contributed by atoms with E-state index < -0.39 is 0 Å². The van der Waals surface area contributed by atoms with E-state index in [4.69, 9.17) is 10.5 Å². The number of hydrogen-bond donors (Lipinski definition) is 1. The highest BCUT2D eigenvalue weighted by atomic mass is 16.5. The van der Waals surface area contributed by atoms with Gasteiger partial charge >= 0.3 is 0 Å². The van der Waals surface area contributed by atoms with Crippen molar-refractivity contribution in [3.63, 3.8) is 0 Å². The molecular formula is C14H17N3O. The smallest absolute Gasteiger partial charge is 0.163 e. The lowest BCUT2D eigenvalue weighted by atomic mass is 10.1. The zero-order valence-electron chi connectivity index (χ0n) is 10.7. The molecule has 1 aromatic heterocycles. The van der Waals surface area contributed by atoms with Gasteiger partial charge in [0.1, 0.15) is 5.75 Å². The predicted molar refractivity (Wildman–Crippen MR) is 71.5 cm³/mol. The summed E-state index contributed by atoms with van der Waals surface area (Å²) >= 11 is 0. The van der Waals surface area contributed by atoms with Crippen LogP contribution in [0.5, 0.6) is 5.75 Å². The highest BCUT2D eigenvalue weighted by Crippen LogP contribution is 2.27. The van der Waals surface area contributed by atoms with Crippen molar-refractivity contribution < 1.29 is 4.74 Å². The van der Waals surface area contributed by atoms with Crippen LogP contribution in [0.2, 0.25) is 0 Å². The first-order valence-electron chi connectivity index (χ1n) is 5.92. The van der Waals surface area contributed by atoms with Crippen LogP contribution in [0.3, 0.4) is 0 Å². The van der Waals surface area contributed by atoms with Crippen molar-refractivity contribution in [3.8, 4) is 17.1 Å². The summed E-state index contributed by atoms with van der Waals surface area (Å²) in [6.07, 6.45) is 0.755. The highest BCUT2D eigenvalue weighted by molar-refractivity contribution is 5.64. The van der Waals surface area contributed by atoms with E-state index in [-0.39, 0.29) is 0 Å². The van der Waals surface area contributed by atoms with E-state index in [9.17, 15) is 0 Å². The monoisotopic (exact) mass is 243 g/mol. The number of nitrogens with two attached hydrogens (primary N) is 1. The zero-order chi connectivity index (χ0) is 13.0. The molecule has 4 heteroatoms. The summed E-state index contributed by atoms with van der Waals surface area (Å²) in [5.41, 5.74) is 8.38. The molecule has 94 valence electrons. The Morgan fingerprint density at radius 2 is 2.00 bits per heavy atom. The molecule has 0 aliphatic heterocycles. The molecule has 0 atom stereocenters. The predicted octanol–water partition coefficient (Wildman–Crippen LogP) is 1.96. The molecule has 0 saturated carbocycles. The van der Waals surface area contributed by atoms with Gasteiger partial charge in [-0.2, -0.15) is 0 Å². The molecule has 4 nitrogen and oxygen atoms in total. The summed E-state index contributed by atoms with van der Waals surface area (Å²) in [7, 11) is 1.65. The van der Waals surface area contributed by atoms with Crippen molar-refractivity contribution in [2.45, 2.75) is 13.3 Å². The molecule has 0 aliphatic rings. The first-order valence-corrected chi connectivity index (χ1v) is 5.92. The average molecular weight is 243 g/mol. The maximum atomic E-state index is 5.57. The van der Waals surface area contributed by atoms with Crippen molar-refractivity contribution >= 4 is 0 Å². The van der Waals surface area contributed by atoms with Crippen LogP contribution >= 0.6 is 0 Å². The molecule has 0 amide bonds. The number of methoxy groups -OCH3 is 1. The normalized spacial score (nSPS) is 10.4. The minimum Gasteiger partial charge on any atom is -0.496 e. The Labute approximate surface area is 107 Å². The Balaban J connectivity index is 2.49. The minimum atomic E-state index is 0.585. The van der Waals surface area contributed by atoms with Gasteiger partial charge < -0.3 is 10.5 Å². The molecule has 0 aliphatic carbocycles. The maximum Gasteiger partial charge on any atom is 0.163 e. The molecule has 1 aromatic carbocycles. The van der Waals surface area contributed by atoms with E-state index >= 15 is 0 Å². The van der Waals surface area contributed by atoms with Crippen LogP contribution in [-0.2, 0) is 6.42 Å². The second-order valence-corrected chi connectivity index (χ2v) is 4.06. The summed E-state index contributed by atoms with van der Waals surface area (Å²) in [5.74, 6) is 1.47. The molecule has 1 heterocycles. The Morgan fingerprint density at radius 1 is 1.22 bits per heavy atom. The van der Waals surface area contributed by atoms with Gasteiger partial charge in [0.05, 0.1) is 12.7 Å². The molecular weight excluding hydrogens is 226 g/mol. The zero-order valence-corrected chi connectivity index (χ0v) is 10.7. The number of rotatable bonds is 4. The molecule has 2 rings (SSSR count). The molecule has 18 heavy (non-hydrogen) atoms. The quantitative estimate of drug-likeness (QED) is 0.891. The number of para-hydroxylation sites is 1. The summed E-state index contributed by atoms with van der Waals surface area (Å²) in [6.45, 7) is 2.54. The third-order valence-electron chi connectivity index (χ3n) is 2.66. The molecule has 0 radical (unpaired) electrons.